The third kappa shape index (κ3) is 3.10. The first-order valence-electron chi connectivity index (χ1n) is 6.72. The molecule has 1 fully saturated rings. The van der Waals surface area contributed by atoms with Crippen molar-refractivity contribution in [2.24, 2.45) is 7.05 Å². The topological polar surface area (TPSA) is 50.2 Å². The maximum Gasteiger partial charge on any atom is 0.257 e. The molecule has 0 aliphatic carbocycles. The number of piperidine rings is 1. The lowest BCUT2D eigenvalue weighted by Crippen LogP contribution is -2.45. The first kappa shape index (κ1) is 13.1. The molecule has 1 N–H and O–H groups in total. The molecular weight excluding hydrogens is 228 g/mol. The molecule has 0 unspecified atom stereocenters. The van der Waals surface area contributed by atoms with Crippen LogP contribution in [0.3, 0.4) is 0 Å². The van der Waals surface area contributed by atoms with Crippen LogP contribution in [0.25, 0.3) is 0 Å². The number of hydrogen-bond donors (Lipinski definition) is 1. The molecule has 1 saturated heterocycles. The largest absolute Gasteiger partial charge is 0.338 e. The van der Waals surface area contributed by atoms with E-state index in [9.17, 15) is 4.79 Å². The normalized spacial score (nSPS) is 17.1. The van der Waals surface area contributed by atoms with Gasteiger partial charge in [-0.2, -0.15) is 5.10 Å². The molecular formula is C13H22N4O. The highest BCUT2D eigenvalue weighted by molar-refractivity contribution is 5.93. The van der Waals surface area contributed by atoms with Crippen molar-refractivity contribution in [3.8, 4) is 0 Å². The molecule has 0 radical (unpaired) electrons. The Hall–Kier alpha value is -1.36. The summed E-state index contributed by atoms with van der Waals surface area (Å²) in [6, 6.07) is 0.572. The SMILES string of the molecule is CCCNC1CCN(C(=O)c2cnn(C)c2)CC1. The molecule has 0 aromatic carbocycles. The highest BCUT2D eigenvalue weighted by Crippen LogP contribution is 2.13. The molecule has 100 valence electrons. The number of rotatable bonds is 4. The molecule has 1 aliphatic rings. The summed E-state index contributed by atoms with van der Waals surface area (Å²) in [6.07, 6.45) is 6.68. The first-order chi connectivity index (χ1) is 8.70. The van der Waals surface area contributed by atoms with Crippen molar-refractivity contribution >= 4 is 5.91 Å². The monoisotopic (exact) mass is 250 g/mol. The van der Waals surface area contributed by atoms with Gasteiger partial charge in [-0.05, 0) is 25.8 Å². The number of likely N-dealkylation sites (tertiary alicyclic amines) is 1. The van der Waals surface area contributed by atoms with Gasteiger partial charge in [0.25, 0.3) is 5.91 Å². The van der Waals surface area contributed by atoms with Crippen molar-refractivity contribution < 1.29 is 4.79 Å². The minimum absolute atomic E-state index is 0.108. The van der Waals surface area contributed by atoms with Crippen molar-refractivity contribution in [1.29, 1.82) is 0 Å². The van der Waals surface area contributed by atoms with Crippen molar-refractivity contribution in [2.75, 3.05) is 19.6 Å². The van der Waals surface area contributed by atoms with Gasteiger partial charge in [0.1, 0.15) is 0 Å². The number of carbonyl (C=O) groups excluding carboxylic acids is 1. The van der Waals surface area contributed by atoms with Gasteiger partial charge in [-0.15, -0.1) is 0 Å². The predicted molar refractivity (Wildman–Crippen MR) is 70.4 cm³/mol. The molecule has 5 nitrogen and oxygen atoms in total. The van der Waals surface area contributed by atoms with Crippen molar-refractivity contribution in [3.63, 3.8) is 0 Å². The maximum atomic E-state index is 12.2. The third-order valence-corrected chi connectivity index (χ3v) is 3.42. The fourth-order valence-corrected chi connectivity index (χ4v) is 2.35. The van der Waals surface area contributed by atoms with E-state index in [1.165, 1.54) is 0 Å². The third-order valence-electron chi connectivity index (χ3n) is 3.42. The maximum absolute atomic E-state index is 12.2. The lowest BCUT2D eigenvalue weighted by molar-refractivity contribution is 0.0705. The zero-order chi connectivity index (χ0) is 13.0. The van der Waals surface area contributed by atoms with Crippen LogP contribution in [0, 0.1) is 0 Å². The fourth-order valence-electron chi connectivity index (χ4n) is 2.35. The lowest BCUT2D eigenvalue weighted by atomic mass is 10.0. The Balaban J connectivity index is 1.84. The zero-order valence-corrected chi connectivity index (χ0v) is 11.2. The van der Waals surface area contributed by atoms with Crippen molar-refractivity contribution in [2.45, 2.75) is 32.2 Å². The van der Waals surface area contributed by atoms with Crippen molar-refractivity contribution in [3.05, 3.63) is 18.0 Å². The number of hydrogen-bond acceptors (Lipinski definition) is 3. The summed E-state index contributed by atoms with van der Waals surface area (Å²) in [6.45, 7) is 4.93. The van der Waals surface area contributed by atoms with E-state index in [0.717, 1.165) is 38.9 Å². The smallest absolute Gasteiger partial charge is 0.257 e. The first-order valence-corrected chi connectivity index (χ1v) is 6.72. The van der Waals surface area contributed by atoms with Gasteiger partial charge in [-0.1, -0.05) is 6.92 Å². The second-order valence-corrected chi connectivity index (χ2v) is 4.92. The van der Waals surface area contributed by atoms with Crippen LogP contribution >= 0.6 is 0 Å². The van der Waals surface area contributed by atoms with E-state index in [2.05, 4.69) is 17.3 Å². The van der Waals surface area contributed by atoms with Crippen LogP contribution in [0.4, 0.5) is 0 Å². The number of amides is 1. The molecule has 1 aliphatic heterocycles. The predicted octanol–water partition coefficient (Wildman–Crippen LogP) is 1.02. The van der Waals surface area contributed by atoms with Crippen LogP contribution in [-0.4, -0.2) is 46.3 Å². The molecule has 0 spiro atoms. The van der Waals surface area contributed by atoms with E-state index >= 15 is 0 Å². The van der Waals surface area contributed by atoms with Gasteiger partial charge >= 0.3 is 0 Å². The van der Waals surface area contributed by atoms with Gasteiger partial charge in [0, 0.05) is 32.4 Å². The molecule has 18 heavy (non-hydrogen) atoms. The Kier molecular flexibility index (Phi) is 4.36. The van der Waals surface area contributed by atoms with E-state index < -0.39 is 0 Å². The highest BCUT2D eigenvalue weighted by Gasteiger charge is 2.23. The van der Waals surface area contributed by atoms with Crippen LogP contribution in [0.5, 0.6) is 0 Å². The molecule has 5 heteroatoms. The number of carbonyl (C=O) groups is 1. The number of aromatic nitrogens is 2. The van der Waals surface area contributed by atoms with Crippen LogP contribution in [0.1, 0.15) is 36.5 Å². The average molecular weight is 250 g/mol. The highest BCUT2D eigenvalue weighted by atomic mass is 16.2. The van der Waals surface area contributed by atoms with Crippen LogP contribution < -0.4 is 5.32 Å². The summed E-state index contributed by atoms with van der Waals surface area (Å²) in [5, 5.41) is 7.57. The summed E-state index contributed by atoms with van der Waals surface area (Å²) in [4.78, 5) is 14.1. The number of nitrogens with zero attached hydrogens (tertiary/aromatic N) is 3. The van der Waals surface area contributed by atoms with Crippen molar-refractivity contribution in [1.82, 2.24) is 20.0 Å². The number of aryl methyl sites for hydroxylation is 1. The summed E-state index contributed by atoms with van der Waals surface area (Å²) in [7, 11) is 1.83. The second kappa shape index (κ2) is 6.00. The van der Waals surface area contributed by atoms with Crippen LogP contribution in [0.15, 0.2) is 12.4 Å². The summed E-state index contributed by atoms with van der Waals surface area (Å²) in [5.41, 5.74) is 0.692. The molecule has 2 rings (SSSR count). The number of nitrogens with one attached hydrogen (secondary N) is 1. The van der Waals surface area contributed by atoms with Crippen LogP contribution in [0.2, 0.25) is 0 Å². The quantitative estimate of drug-likeness (QED) is 0.868. The zero-order valence-electron chi connectivity index (χ0n) is 11.2. The minimum Gasteiger partial charge on any atom is -0.338 e. The molecule has 0 saturated carbocycles. The summed E-state index contributed by atoms with van der Waals surface area (Å²) >= 11 is 0. The fraction of sp³-hybridized carbons (Fsp3) is 0.692. The Morgan fingerprint density at radius 1 is 1.50 bits per heavy atom. The molecule has 0 atom stereocenters. The Morgan fingerprint density at radius 3 is 2.78 bits per heavy atom. The van der Waals surface area contributed by atoms with Crippen LogP contribution in [-0.2, 0) is 7.05 Å². The van der Waals surface area contributed by atoms with E-state index in [4.69, 9.17) is 0 Å². The summed E-state index contributed by atoms with van der Waals surface area (Å²) < 4.78 is 1.67. The van der Waals surface area contributed by atoms with Gasteiger partial charge < -0.3 is 10.2 Å². The molecule has 1 aromatic rings. The van der Waals surface area contributed by atoms with Gasteiger partial charge in [0.05, 0.1) is 11.8 Å². The molecule has 1 aromatic heterocycles. The van der Waals surface area contributed by atoms with Gasteiger partial charge in [0.15, 0.2) is 0 Å². The van der Waals surface area contributed by atoms with E-state index in [-0.39, 0.29) is 5.91 Å². The molecule has 1 amide bonds. The molecule has 0 bridgehead atoms. The van der Waals surface area contributed by atoms with E-state index in [1.54, 1.807) is 17.1 Å². The van der Waals surface area contributed by atoms with Gasteiger partial charge in [0.2, 0.25) is 0 Å². The van der Waals surface area contributed by atoms with Gasteiger partial charge in [-0.3, -0.25) is 9.48 Å². The standard InChI is InChI=1S/C13H22N4O/c1-3-6-14-12-4-7-17(8-5-12)13(18)11-9-15-16(2)10-11/h9-10,12,14H,3-8H2,1-2H3. The molecule has 2 heterocycles. The minimum atomic E-state index is 0.108. The lowest BCUT2D eigenvalue weighted by Gasteiger charge is -2.32. The van der Waals surface area contributed by atoms with Gasteiger partial charge in [-0.25, -0.2) is 0 Å². The van der Waals surface area contributed by atoms with E-state index in [1.807, 2.05) is 11.9 Å². The Morgan fingerprint density at radius 2 is 2.22 bits per heavy atom. The Bertz CT molecular complexity index is 393. The average Bonchev–Trinajstić information content (AvgIpc) is 2.83. The Labute approximate surface area is 108 Å². The summed E-state index contributed by atoms with van der Waals surface area (Å²) in [5.74, 6) is 0.108. The second-order valence-electron chi connectivity index (χ2n) is 4.92. The van der Waals surface area contributed by atoms with E-state index in [0.29, 0.717) is 11.6 Å².